The van der Waals surface area contributed by atoms with Gasteiger partial charge < -0.3 is 5.11 Å². The highest BCUT2D eigenvalue weighted by Crippen LogP contribution is 2.58. The van der Waals surface area contributed by atoms with Crippen LogP contribution in [0.3, 0.4) is 0 Å². The topological polar surface area (TPSA) is 20.2 Å². The van der Waals surface area contributed by atoms with Gasteiger partial charge in [0.2, 0.25) is 0 Å². The summed E-state index contributed by atoms with van der Waals surface area (Å²) < 4.78 is 0. The molecule has 0 heterocycles. The summed E-state index contributed by atoms with van der Waals surface area (Å²) in [7, 11) is 0. The average molecular weight is 445 g/mol. The maximum absolute atomic E-state index is 10.9. The lowest BCUT2D eigenvalue weighted by molar-refractivity contribution is -0.0845. The van der Waals surface area contributed by atoms with Gasteiger partial charge >= 0.3 is 0 Å². The normalized spacial score (nSPS) is 32.5. The summed E-state index contributed by atoms with van der Waals surface area (Å²) in [5.74, 6) is 1.76. The van der Waals surface area contributed by atoms with Crippen molar-refractivity contribution in [1.82, 2.24) is 0 Å². The van der Waals surface area contributed by atoms with Gasteiger partial charge in [-0.2, -0.15) is 0 Å². The molecule has 0 aliphatic heterocycles. The Balaban J connectivity index is 2.02. The number of hydrogen-bond donors (Lipinski definition) is 1. The molecule has 5 atom stereocenters. The van der Waals surface area contributed by atoms with E-state index in [1.54, 1.807) is 0 Å². The lowest BCUT2D eigenvalue weighted by atomic mass is 9.50. The van der Waals surface area contributed by atoms with Crippen LogP contribution >= 0.6 is 0 Å². The first-order valence-electron chi connectivity index (χ1n) is 13.9. The first kappa shape index (κ1) is 27.7. The second-order valence-corrected chi connectivity index (χ2v) is 13.3. The van der Waals surface area contributed by atoms with Crippen LogP contribution in [-0.4, -0.2) is 11.2 Å². The molecular weight excluding hydrogens is 388 g/mol. The zero-order chi connectivity index (χ0) is 24.2. The minimum Gasteiger partial charge on any atom is -0.393 e. The molecule has 1 heteroatoms. The van der Waals surface area contributed by atoms with Crippen LogP contribution in [0.15, 0.2) is 23.8 Å². The third-order valence-electron chi connectivity index (χ3n) is 9.84. The second-order valence-electron chi connectivity index (χ2n) is 13.3. The molecule has 0 aromatic rings. The molecule has 0 saturated heterocycles. The number of aliphatic hydroxyl groups is 1. The summed E-state index contributed by atoms with van der Waals surface area (Å²) in [4.78, 5) is 0. The van der Waals surface area contributed by atoms with Crippen molar-refractivity contribution in [3.63, 3.8) is 0 Å². The zero-order valence-corrected chi connectivity index (χ0v) is 23.0. The Morgan fingerprint density at radius 3 is 2.31 bits per heavy atom. The molecule has 186 valence electrons. The van der Waals surface area contributed by atoms with E-state index in [2.05, 4.69) is 61.1 Å². The van der Waals surface area contributed by atoms with Crippen molar-refractivity contribution >= 4 is 0 Å². The Labute approximate surface area is 201 Å². The lowest BCUT2D eigenvalue weighted by Gasteiger charge is -2.55. The Morgan fingerprint density at radius 1 is 1.06 bits per heavy atom. The minimum atomic E-state index is -0.228. The second kappa shape index (κ2) is 11.2. The number of allylic oxidation sites excluding steroid dienone is 3. The quantitative estimate of drug-likeness (QED) is 0.332. The molecule has 0 aromatic carbocycles. The molecule has 2 saturated carbocycles. The van der Waals surface area contributed by atoms with Gasteiger partial charge in [-0.25, -0.2) is 0 Å². The maximum Gasteiger partial charge on any atom is 0.0545 e. The molecule has 3 unspecified atom stereocenters. The van der Waals surface area contributed by atoms with E-state index < -0.39 is 0 Å². The molecule has 2 rings (SSSR count). The summed E-state index contributed by atoms with van der Waals surface area (Å²) in [5, 5.41) is 10.9. The van der Waals surface area contributed by atoms with E-state index >= 15 is 0 Å². The molecule has 0 spiro atoms. The van der Waals surface area contributed by atoms with Gasteiger partial charge in [0.1, 0.15) is 0 Å². The largest absolute Gasteiger partial charge is 0.393 e. The molecular formula is C31H56O. The van der Waals surface area contributed by atoms with Crippen molar-refractivity contribution in [2.45, 2.75) is 139 Å². The minimum absolute atomic E-state index is 0.228. The van der Waals surface area contributed by atoms with E-state index in [-0.39, 0.29) is 11.5 Å². The van der Waals surface area contributed by atoms with Gasteiger partial charge in [0.25, 0.3) is 0 Å². The molecule has 0 amide bonds. The van der Waals surface area contributed by atoms with Crippen LogP contribution in [0.2, 0.25) is 0 Å². The fraction of sp³-hybridized carbons (Fsp3) is 0.871. The van der Waals surface area contributed by atoms with Crippen LogP contribution < -0.4 is 0 Å². The lowest BCUT2D eigenvalue weighted by Crippen LogP contribution is -2.49. The highest BCUT2D eigenvalue weighted by atomic mass is 16.3. The Kier molecular flexibility index (Phi) is 9.73. The molecule has 2 aliphatic rings. The van der Waals surface area contributed by atoms with Crippen molar-refractivity contribution in [3.05, 3.63) is 23.8 Å². The summed E-state index contributed by atoms with van der Waals surface area (Å²) in [6.07, 6.45) is 17.2. The van der Waals surface area contributed by atoms with Crippen LogP contribution in [0.25, 0.3) is 0 Å². The molecule has 0 aromatic heterocycles. The van der Waals surface area contributed by atoms with E-state index in [1.165, 1.54) is 75.4 Å². The van der Waals surface area contributed by atoms with E-state index in [0.29, 0.717) is 28.6 Å². The van der Waals surface area contributed by atoms with E-state index in [4.69, 9.17) is 0 Å². The highest BCUT2D eigenvalue weighted by Gasteiger charge is 2.50. The summed E-state index contributed by atoms with van der Waals surface area (Å²) in [5.41, 5.74) is 4.05. The standard InChI is InChI=1S/C31H56O/c1-10-14-28-30(7,8)21-13-22-31(28,9)27(25(4)32)17-11-15-23(2)18-19-26-24(3)16-12-20-29(26,5)6/h15,25-28,32H,3,10-14,16-22H2,1-2,4-9H3/b23-15+/t25-,26?,27?,28-,31?/m0/s1. The predicted molar refractivity (Wildman–Crippen MR) is 142 cm³/mol. The molecule has 1 nitrogen and oxygen atoms in total. The van der Waals surface area contributed by atoms with Crippen LogP contribution in [0.4, 0.5) is 0 Å². The predicted octanol–water partition coefficient (Wildman–Crippen LogP) is 9.51. The molecule has 0 bridgehead atoms. The molecule has 2 fully saturated rings. The number of hydrogen-bond acceptors (Lipinski definition) is 1. The third kappa shape index (κ3) is 6.52. The van der Waals surface area contributed by atoms with Gasteiger partial charge in [-0.05, 0) is 112 Å². The number of aliphatic hydroxyl groups excluding tert-OH is 1. The molecule has 32 heavy (non-hydrogen) atoms. The zero-order valence-electron chi connectivity index (χ0n) is 23.0. The fourth-order valence-corrected chi connectivity index (χ4v) is 7.99. The van der Waals surface area contributed by atoms with Gasteiger partial charge in [-0.3, -0.25) is 0 Å². The van der Waals surface area contributed by atoms with Crippen LogP contribution in [-0.2, 0) is 0 Å². The molecule has 2 aliphatic carbocycles. The van der Waals surface area contributed by atoms with Crippen molar-refractivity contribution in [2.75, 3.05) is 0 Å². The Bertz CT molecular complexity index is 637. The van der Waals surface area contributed by atoms with Crippen molar-refractivity contribution in [2.24, 2.45) is 34.0 Å². The van der Waals surface area contributed by atoms with Crippen LogP contribution in [0.1, 0.15) is 132 Å². The third-order valence-corrected chi connectivity index (χ3v) is 9.84. The van der Waals surface area contributed by atoms with Gasteiger partial charge in [0, 0.05) is 0 Å². The molecule has 1 N–H and O–H groups in total. The monoisotopic (exact) mass is 444 g/mol. The highest BCUT2D eigenvalue weighted by molar-refractivity contribution is 5.11. The smallest absolute Gasteiger partial charge is 0.0545 e. The summed E-state index contributed by atoms with van der Waals surface area (Å²) >= 11 is 0. The Morgan fingerprint density at radius 2 is 1.72 bits per heavy atom. The van der Waals surface area contributed by atoms with Gasteiger partial charge in [0.15, 0.2) is 0 Å². The average Bonchev–Trinajstić information content (AvgIpc) is 2.66. The van der Waals surface area contributed by atoms with Gasteiger partial charge in [-0.1, -0.05) is 78.2 Å². The van der Waals surface area contributed by atoms with Gasteiger partial charge in [-0.15, -0.1) is 0 Å². The summed E-state index contributed by atoms with van der Waals surface area (Å²) in [6.45, 7) is 23.5. The Hall–Kier alpha value is -0.560. The van der Waals surface area contributed by atoms with E-state index in [9.17, 15) is 5.11 Å². The van der Waals surface area contributed by atoms with E-state index in [0.717, 1.165) is 12.8 Å². The first-order chi connectivity index (χ1) is 14.8. The molecule has 0 radical (unpaired) electrons. The van der Waals surface area contributed by atoms with Crippen molar-refractivity contribution in [3.8, 4) is 0 Å². The maximum atomic E-state index is 10.9. The van der Waals surface area contributed by atoms with Crippen molar-refractivity contribution in [1.29, 1.82) is 0 Å². The van der Waals surface area contributed by atoms with Crippen LogP contribution in [0, 0.1) is 34.0 Å². The SMILES string of the molecule is C=C1CCCC(C)(C)C1CC/C(C)=C/CCC([C@H](C)O)C1(C)CCCC(C)(C)[C@@H]1CCC. The van der Waals surface area contributed by atoms with Crippen LogP contribution in [0.5, 0.6) is 0 Å². The first-order valence-corrected chi connectivity index (χ1v) is 13.9. The van der Waals surface area contributed by atoms with E-state index in [1.807, 2.05) is 6.92 Å². The van der Waals surface area contributed by atoms with Gasteiger partial charge in [0.05, 0.1) is 6.10 Å². The number of rotatable bonds is 10. The van der Waals surface area contributed by atoms with Crippen molar-refractivity contribution < 1.29 is 5.11 Å². The summed E-state index contributed by atoms with van der Waals surface area (Å²) in [6, 6.07) is 0. The fourth-order valence-electron chi connectivity index (χ4n) is 7.99.